The molecule has 0 atom stereocenters. The van der Waals surface area contributed by atoms with Gasteiger partial charge >= 0.3 is 6.18 Å². The minimum Gasteiger partial charge on any atom is -0.382 e. The molecule has 11 heteroatoms. The summed E-state index contributed by atoms with van der Waals surface area (Å²) in [5.74, 6) is 0.0101. The Balaban J connectivity index is 1.55. The second-order valence-corrected chi connectivity index (χ2v) is 9.52. The quantitative estimate of drug-likeness (QED) is 0.334. The zero-order chi connectivity index (χ0) is 23.5. The first kappa shape index (κ1) is 24.0. The number of alkyl halides is 3. The lowest BCUT2D eigenvalue weighted by molar-refractivity contribution is -0.388. The predicted molar refractivity (Wildman–Crippen MR) is 112 cm³/mol. The molecule has 0 radical (unpaired) electrons. The number of rotatable bonds is 7. The van der Waals surface area contributed by atoms with Crippen molar-refractivity contribution in [2.24, 2.45) is 5.92 Å². The van der Waals surface area contributed by atoms with E-state index in [4.69, 9.17) is 4.18 Å². The summed E-state index contributed by atoms with van der Waals surface area (Å²) in [7, 11) is -3.85. The van der Waals surface area contributed by atoms with E-state index in [9.17, 15) is 31.7 Å². The van der Waals surface area contributed by atoms with Crippen molar-refractivity contribution in [2.45, 2.75) is 49.7 Å². The summed E-state index contributed by atoms with van der Waals surface area (Å²) >= 11 is 0. The number of benzene rings is 2. The molecule has 7 nitrogen and oxygen atoms in total. The number of aryl methyl sites for hydroxylation is 1. The number of nitro benzene ring substituents is 1. The van der Waals surface area contributed by atoms with Crippen molar-refractivity contribution in [3.63, 3.8) is 0 Å². The van der Waals surface area contributed by atoms with Crippen LogP contribution in [0.1, 0.15) is 36.8 Å². The van der Waals surface area contributed by atoms with Crippen LogP contribution in [0, 0.1) is 23.0 Å². The van der Waals surface area contributed by atoms with Gasteiger partial charge in [0.25, 0.3) is 15.8 Å². The van der Waals surface area contributed by atoms with Gasteiger partial charge in [-0.1, -0.05) is 17.7 Å². The molecular formula is C21H23F3N2O5S. The molecule has 3 rings (SSSR count). The van der Waals surface area contributed by atoms with Gasteiger partial charge in [-0.25, -0.2) is 0 Å². The maximum absolute atomic E-state index is 13.1. The van der Waals surface area contributed by atoms with E-state index in [0.29, 0.717) is 25.7 Å². The lowest BCUT2D eigenvalue weighted by Crippen LogP contribution is -2.28. The SMILES string of the molecule is Cc1ccc(S(=O)(=O)OCC2CCC(Nc3ccc([N+](=O)[O-])c(C(F)(F)F)c3)CC2)cc1. The molecule has 174 valence electrons. The highest BCUT2D eigenvalue weighted by Gasteiger charge is 2.38. The molecule has 2 aromatic rings. The predicted octanol–water partition coefficient (Wildman–Crippen LogP) is 5.30. The van der Waals surface area contributed by atoms with E-state index in [1.165, 1.54) is 18.2 Å². The molecular weight excluding hydrogens is 449 g/mol. The molecule has 2 aromatic carbocycles. The van der Waals surface area contributed by atoms with Crippen LogP contribution < -0.4 is 5.32 Å². The largest absolute Gasteiger partial charge is 0.423 e. The van der Waals surface area contributed by atoms with Gasteiger partial charge in [-0.15, -0.1) is 0 Å². The standard InChI is InChI=1S/C21H23F3N2O5S/c1-14-2-9-18(10-3-14)32(29,30)31-13-15-4-6-16(7-5-15)25-17-8-11-20(26(27)28)19(12-17)21(22,23)24/h2-3,8-12,15-16,25H,4-7,13H2,1H3. The smallest absolute Gasteiger partial charge is 0.382 e. The van der Waals surface area contributed by atoms with Gasteiger partial charge in [0.1, 0.15) is 5.56 Å². The first-order chi connectivity index (χ1) is 15.0. The summed E-state index contributed by atoms with van der Waals surface area (Å²) in [6.07, 6.45) is -2.34. The zero-order valence-corrected chi connectivity index (χ0v) is 18.1. The van der Waals surface area contributed by atoms with E-state index in [-0.39, 0.29) is 29.1 Å². The Labute approximate surface area is 183 Å². The lowest BCUT2D eigenvalue weighted by atomic mass is 9.86. The first-order valence-corrected chi connectivity index (χ1v) is 11.4. The van der Waals surface area contributed by atoms with Gasteiger partial charge in [0.05, 0.1) is 16.4 Å². The molecule has 0 spiro atoms. The van der Waals surface area contributed by atoms with Crippen molar-refractivity contribution in [1.29, 1.82) is 0 Å². The average molecular weight is 472 g/mol. The highest BCUT2D eigenvalue weighted by atomic mass is 32.2. The number of anilines is 1. The molecule has 1 aliphatic rings. The fraction of sp³-hybridized carbons (Fsp3) is 0.429. The fourth-order valence-electron chi connectivity index (χ4n) is 3.68. The maximum atomic E-state index is 13.1. The molecule has 0 aliphatic heterocycles. The summed E-state index contributed by atoms with van der Waals surface area (Å²) in [6, 6.07) is 9.10. The van der Waals surface area contributed by atoms with Gasteiger partial charge in [-0.05, 0) is 62.8 Å². The van der Waals surface area contributed by atoms with E-state index < -0.39 is 32.5 Å². The third-order valence-electron chi connectivity index (χ3n) is 5.48. The molecule has 1 fully saturated rings. The minimum atomic E-state index is -4.84. The Kier molecular flexibility index (Phi) is 7.09. The number of nitrogens with zero attached hydrogens (tertiary/aromatic N) is 1. The second kappa shape index (κ2) is 9.45. The van der Waals surface area contributed by atoms with E-state index in [1.807, 2.05) is 6.92 Å². The number of hydrogen-bond acceptors (Lipinski definition) is 6. The minimum absolute atomic E-state index is 0.0101. The number of nitro groups is 1. The lowest BCUT2D eigenvalue weighted by Gasteiger charge is -2.29. The fourth-order valence-corrected chi connectivity index (χ4v) is 4.66. The second-order valence-electron chi connectivity index (χ2n) is 7.90. The Morgan fingerprint density at radius 2 is 1.72 bits per heavy atom. The molecule has 0 heterocycles. The topological polar surface area (TPSA) is 98.5 Å². The Morgan fingerprint density at radius 3 is 2.28 bits per heavy atom. The van der Waals surface area contributed by atoms with Gasteiger partial charge in [-0.2, -0.15) is 21.6 Å². The highest BCUT2D eigenvalue weighted by molar-refractivity contribution is 7.86. The van der Waals surface area contributed by atoms with E-state index in [2.05, 4.69) is 5.32 Å². The van der Waals surface area contributed by atoms with Gasteiger partial charge in [0.15, 0.2) is 0 Å². The van der Waals surface area contributed by atoms with E-state index in [0.717, 1.165) is 17.7 Å². The molecule has 0 unspecified atom stereocenters. The van der Waals surface area contributed by atoms with Crippen LogP contribution in [0.2, 0.25) is 0 Å². The number of halogens is 3. The average Bonchev–Trinajstić information content (AvgIpc) is 2.73. The third-order valence-corrected chi connectivity index (χ3v) is 6.78. The Hall–Kier alpha value is -2.66. The van der Waals surface area contributed by atoms with Crippen molar-refractivity contribution < 1.29 is 30.7 Å². The van der Waals surface area contributed by atoms with Crippen LogP contribution in [-0.4, -0.2) is 26.0 Å². The van der Waals surface area contributed by atoms with Crippen molar-refractivity contribution in [3.05, 3.63) is 63.7 Å². The highest BCUT2D eigenvalue weighted by Crippen LogP contribution is 2.38. The zero-order valence-electron chi connectivity index (χ0n) is 17.3. The first-order valence-electron chi connectivity index (χ1n) is 10.0. The molecule has 0 amide bonds. The van der Waals surface area contributed by atoms with Gasteiger partial charge in [-0.3, -0.25) is 14.3 Å². The van der Waals surface area contributed by atoms with Crippen LogP contribution >= 0.6 is 0 Å². The van der Waals surface area contributed by atoms with Crippen LogP contribution in [-0.2, 0) is 20.5 Å². The van der Waals surface area contributed by atoms with E-state index >= 15 is 0 Å². The van der Waals surface area contributed by atoms with E-state index in [1.54, 1.807) is 12.1 Å². The van der Waals surface area contributed by atoms with Crippen LogP contribution in [0.3, 0.4) is 0 Å². The Morgan fingerprint density at radius 1 is 1.09 bits per heavy atom. The van der Waals surface area contributed by atoms with Crippen LogP contribution in [0.5, 0.6) is 0 Å². The molecule has 0 aromatic heterocycles. The summed E-state index contributed by atoms with van der Waals surface area (Å²) in [5, 5.41) is 13.9. The van der Waals surface area contributed by atoms with Crippen LogP contribution in [0.25, 0.3) is 0 Å². The summed E-state index contributed by atoms with van der Waals surface area (Å²) < 4.78 is 69.3. The molecule has 1 N–H and O–H groups in total. The normalized spacial score (nSPS) is 19.5. The summed E-state index contributed by atoms with van der Waals surface area (Å²) in [6.45, 7) is 1.89. The molecule has 1 aliphatic carbocycles. The molecule has 0 saturated heterocycles. The third kappa shape index (κ3) is 5.98. The van der Waals surface area contributed by atoms with Crippen molar-refractivity contribution in [3.8, 4) is 0 Å². The summed E-state index contributed by atoms with van der Waals surface area (Å²) in [5.41, 5.74) is -1.19. The van der Waals surface area contributed by atoms with Gasteiger partial charge in [0, 0.05) is 17.8 Å². The summed E-state index contributed by atoms with van der Waals surface area (Å²) in [4.78, 5) is 9.92. The number of hydrogen-bond donors (Lipinski definition) is 1. The van der Waals surface area contributed by atoms with Gasteiger partial charge in [0.2, 0.25) is 0 Å². The molecule has 32 heavy (non-hydrogen) atoms. The Bertz CT molecular complexity index is 1060. The van der Waals surface area contributed by atoms with Gasteiger partial charge < -0.3 is 5.32 Å². The molecule has 1 saturated carbocycles. The monoisotopic (exact) mass is 472 g/mol. The van der Waals surface area contributed by atoms with Crippen LogP contribution in [0.15, 0.2) is 47.4 Å². The maximum Gasteiger partial charge on any atom is 0.423 e. The molecule has 0 bridgehead atoms. The van der Waals surface area contributed by atoms with Crippen LogP contribution in [0.4, 0.5) is 24.5 Å². The number of nitrogens with one attached hydrogen (secondary N) is 1. The van der Waals surface area contributed by atoms with Crippen molar-refractivity contribution in [2.75, 3.05) is 11.9 Å². The van der Waals surface area contributed by atoms with Crippen molar-refractivity contribution >= 4 is 21.5 Å². The van der Waals surface area contributed by atoms with Crippen molar-refractivity contribution in [1.82, 2.24) is 0 Å².